The van der Waals surface area contributed by atoms with Gasteiger partial charge in [0.05, 0.1) is 6.26 Å². The van der Waals surface area contributed by atoms with Crippen LogP contribution in [0.3, 0.4) is 0 Å². The van der Waals surface area contributed by atoms with Crippen molar-refractivity contribution in [2.24, 2.45) is 16.6 Å². The van der Waals surface area contributed by atoms with E-state index in [9.17, 15) is 8.42 Å². The lowest BCUT2D eigenvalue weighted by Gasteiger charge is -2.29. The van der Waals surface area contributed by atoms with E-state index in [-0.39, 0.29) is 0 Å². The molecule has 6 nitrogen and oxygen atoms in total. The van der Waals surface area contributed by atoms with Gasteiger partial charge in [-0.1, -0.05) is 12.8 Å². The SMILES string of the molecule is CS(=O)(=O)N1CCC(CN=C(N)NC2CCCC2)CC1. The summed E-state index contributed by atoms with van der Waals surface area (Å²) >= 11 is 0. The van der Waals surface area contributed by atoms with Crippen LogP contribution in [0.25, 0.3) is 0 Å². The van der Waals surface area contributed by atoms with Crippen molar-refractivity contribution in [3.8, 4) is 0 Å². The van der Waals surface area contributed by atoms with E-state index < -0.39 is 10.0 Å². The van der Waals surface area contributed by atoms with Crippen LogP contribution >= 0.6 is 0 Å². The van der Waals surface area contributed by atoms with Crippen molar-refractivity contribution in [2.75, 3.05) is 25.9 Å². The number of hydrogen-bond acceptors (Lipinski definition) is 3. The molecule has 0 aromatic carbocycles. The van der Waals surface area contributed by atoms with Gasteiger partial charge in [-0.05, 0) is 31.6 Å². The van der Waals surface area contributed by atoms with Crippen molar-refractivity contribution in [1.82, 2.24) is 9.62 Å². The van der Waals surface area contributed by atoms with E-state index in [1.54, 1.807) is 4.31 Å². The molecule has 3 N–H and O–H groups in total. The highest BCUT2D eigenvalue weighted by Crippen LogP contribution is 2.20. The lowest BCUT2D eigenvalue weighted by Crippen LogP contribution is -2.40. The fourth-order valence-corrected chi connectivity index (χ4v) is 3.85. The van der Waals surface area contributed by atoms with Gasteiger partial charge in [0.15, 0.2) is 5.96 Å². The summed E-state index contributed by atoms with van der Waals surface area (Å²) in [6.45, 7) is 1.91. The fraction of sp³-hybridized carbons (Fsp3) is 0.923. The van der Waals surface area contributed by atoms with Crippen molar-refractivity contribution in [2.45, 2.75) is 44.6 Å². The van der Waals surface area contributed by atoms with E-state index in [0.29, 0.717) is 37.6 Å². The number of nitrogens with zero attached hydrogens (tertiary/aromatic N) is 2. The maximum absolute atomic E-state index is 11.4. The Morgan fingerprint density at radius 1 is 1.25 bits per heavy atom. The zero-order valence-electron chi connectivity index (χ0n) is 12.2. The van der Waals surface area contributed by atoms with Crippen LogP contribution in [0.1, 0.15) is 38.5 Å². The van der Waals surface area contributed by atoms with Gasteiger partial charge in [0.1, 0.15) is 0 Å². The molecule has 0 unspecified atom stereocenters. The second-order valence-corrected chi connectivity index (χ2v) is 7.94. The Labute approximate surface area is 121 Å². The average molecular weight is 302 g/mol. The lowest BCUT2D eigenvalue weighted by atomic mass is 9.98. The normalized spacial score (nSPS) is 24.1. The first-order chi connectivity index (χ1) is 9.45. The first kappa shape index (κ1) is 15.6. The summed E-state index contributed by atoms with van der Waals surface area (Å²) < 4.78 is 24.4. The summed E-state index contributed by atoms with van der Waals surface area (Å²) in [5.74, 6) is 0.986. The molecule has 116 valence electrons. The van der Waals surface area contributed by atoms with E-state index in [0.717, 1.165) is 12.8 Å². The summed E-state index contributed by atoms with van der Waals surface area (Å²) in [6, 6.07) is 0.492. The molecule has 2 rings (SSSR count). The Bertz CT molecular complexity index is 435. The van der Waals surface area contributed by atoms with Crippen LogP contribution in [-0.4, -0.2) is 50.6 Å². The monoisotopic (exact) mass is 302 g/mol. The fourth-order valence-electron chi connectivity index (χ4n) is 2.98. The van der Waals surface area contributed by atoms with Crippen LogP contribution in [0.4, 0.5) is 0 Å². The van der Waals surface area contributed by atoms with Crippen LogP contribution in [-0.2, 0) is 10.0 Å². The van der Waals surface area contributed by atoms with Crippen LogP contribution in [0.5, 0.6) is 0 Å². The molecule has 20 heavy (non-hydrogen) atoms. The number of aliphatic imine (C=N–C) groups is 1. The average Bonchev–Trinajstić information content (AvgIpc) is 2.88. The number of rotatable bonds is 4. The largest absolute Gasteiger partial charge is 0.370 e. The summed E-state index contributed by atoms with van der Waals surface area (Å²) in [6.07, 6.45) is 7.92. The second-order valence-electron chi connectivity index (χ2n) is 5.96. The van der Waals surface area contributed by atoms with Gasteiger partial charge in [0.2, 0.25) is 10.0 Å². The van der Waals surface area contributed by atoms with Crippen molar-refractivity contribution >= 4 is 16.0 Å². The second kappa shape index (κ2) is 6.76. The Balaban J connectivity index is 1.72. The van der Waals surface area contributed by atoms with Crippen molar-refractivity contribution in [3.05, 3.63) is 0 Å². The van der Waals surface area contributed by atoms with Crippen molar-refractivity contribution < 1.29 is 8.42 Å². The molecule has 0 aromatic rings. The first-order valence-electron chi connectivity index (χ1n) is 7.47. The zero-order chi connectivity index (χ0) is 14.6. The van der Waals surface area contributed by atoms with Gasteiger partial charge in [-0.2, -0.15) is 0 Å². The van der Waals surface area contributed by atoms with E-state index in [1.165, 1.54) is 31.9 Å². The van der Waals surface area contributed by atoms with E-state index in [2.05, 4.69) is 10.3 Å². The Hall–Kier alpha value is -0.820. The minimum absolute atomic E-state index is 0.442. The molecule has 0 radical (unpaired) electrons. The molecule has 2 fully saturated rings. The smallest absolute Gasteiger partial charge is 0.211 e. The van der Waals surface area contributed by atoms with Gasteiger partial charge in [0.25, 0.3) is 0 Å². The molecule has 0 atom stereocenters. The lowest BCUT2D eigenvalue weighted by molar-refractivity contribution is 0.280. The molecule has 1 saturated heterocycles. The Morgan fingerprint density at radius 2 is 1.85 bits per heavy atom. The maximum atomic E-state index is 11.4. The van der Waals surface area contributed by atoms with Crippen LogP contribution < -0.4 is 11.1 Å². The highest BCUT2D eigenvalue weighted by molar-refractivity contribution is 7.88. The topological polar surface area (TPSA) is 87.8 Å². The molecule has 0 aromatic heterocycles. The molecular weight excluding hydrogens is 276 g/mol. The summed E-state index contributed by atoms with van der Waals surface area (Å²) in [4.78, 5) is 4.41. The van der Waals surface area contributed by atoms with Gasteiger partial charge >= 0.3 is 0 Å². The number of nitrogens with two attached hydrogens (primary N) is 1. The van der Waals surface area contributed by atoms with E-state index in [1.807, 2.05) is 0 Å². The predicted molar refractivity (Wildman–Crippen MR) is 81.0 cm³/mol. The molecule has 2 aliphatic rings. The third kappa shape index (κ3) is 4.63. The predicted octanol–water partition coefficient (Wildman–Crippen LogP) is 0.505. The van der Waals surface area contributed by atoms with Crippen LogP contribution in [0.15, 0.2) is 4.99 Å². The standard InChI is InChI=1S/C13H26N4O2S/c1-20(18,19)17-8-6-11(7-9-17)10-15-13(14)16-12-4-2-3-5-12/h11-12H,2-10H2,1H3,(H3,14,15,16). The molecule has 0 amide bonds. The van der Waals surface area contributed by atoms with Crippen molar-refractivity contribution in [1.29, 1.82) is 0 Å². The highest BCUT2D eigenvalue weighted by Gasteiger charge is 2.24. The molecule has 1 aliphatic carbocycles. The molecule has 1 heterocycles. The van der Waals surface area contributed by atoms with E-state index >= 15 is 0 Å². The van der Waals surface area contributed by atoms with Crippen LogP contribution in [0.2, 0.25) is 0 Å². The quantitative estimate of drug-likeness (QED) is 0.585. The maximum Gasteiger partial charge on any atom is 0.211 e. The van der Waals surface area contributed by atoms with Gasteiger partial charge in [-0.25, -0.2) is 12.7 Å². The third-order valence-corrected chi connectivity index (χ3v) is 5.57. The first-order valence-corrected chi connectivity index (χ1v) is 9.31. The Kier molecular flexibility index (Phi) is 5.26. The number of nitrogens with one attached hydrogen (secondary N) is 1. The third-order valence-electron chi connectivity index (χ3n) is 4.27. The zero-order valence-corrected chi connectivity index (χ0v) is 13.0. The molecule has 0 bridgehead atoms. The minimum atomic E-state index is -3.04. The summed E-state index contributed by atoms with van der Waals surface area (Å²) in [7, 11) is -3.04. The molecular formula is C13H26N4O2S. The summed E-state index contributed by atoms with van der Waals surface area (Å²) in [5.41, 5.74) is 5.90. The molecule has 0 spiro atoms. The van der Waals surface area contributed by atoms with Gasteiger partial charge < -0.3 is 11.1 Å². The van der Waals surface area contributed by atoms with Gasteiger partial charge in [-0.3, -0.25) is 4.99 Å². The minimum Gasteiger partial charge on any atom is -0.370 e. The van der Waals surface area contributed by atoms with Crippen molar-refractivity contribution in [3.63, 3.8) is 0 Å². The highest BCUT2D eigenvalue weighted by atomic mass is 32.2. The Morgan fingerprint density at radius 3 is 2.40 bits per heavy atom. The number of guanidine groups is 1. The molecule has 1 saturated carbocycles. The van der Waals surface area contributed by atoms with Gasteiger partial charge in [-0.15, -0.1) is 0 Å². The number of hydrogen-bond donors (Lipinski definition) is 2. The van der Waals surface area contributed by atoms with Crippen LogP contribution in [0, 0.1) is 5.92 Å². The molecule has 7 heteroatoms. The van der Waals surface area contributed by atoms with Gasteiger partial charge in [0, 0.05) is 25.7 Å². The number of sulfonamides is 1. The number of piperidine rings is 1. The molecule has 1 aliphatic heterocycles. The summed E-state index contributed by atoms with van der Waals surface area (Å²) in [5, 5.41) is 3.27. The van der Waals surface area contributed by atoms with E-state index in [4.69, 9.17) is 5.73 Å².